The van der Waals surface area contributed by atoms with Crippen LogP contribution in [-0.2, 0) is 9.47 Å². The molecule has 1 aromatic heterocycles. The minimum absolute atomic E-state index is 0.372. The molecule has 1 aliphatic rings. The van der Waals surface area contributed by atoms with Crippen LogP contribution in [0.4, 0.5) is 11.5 Å². The topological polar surface area (TPSA) is 68.3 Å². The number of rotatable bonds is 6. The van der Waals surface area contributed by atoms with Gasteiger partial charge in [-0.15, -0.1) is 0 Å². The van der Waals surface area contributed by atoms with Crippen LogP contribution in [0.2, 0.25) is 5.15 Å². The average molecular weight is 301 g/mol. The molecule has 1 saturated heterocycles. The summed E-state index contributed by atoms with van der Waals surface area (Å²) in [6.45, 7) is 6.22. The van der Waals surface area contributed by atoms with E-state index in [2.05, 4.69) is 27.5 Å². The van der Waals surface area contributed by atoms with Crippen molar-refractivity contribution in [1.29, 1.82) is 0 Å². The highest BCUT2D eigenvalue weighted by Gasteiger charge is 2.32. The molecule has 0 amide bonds. The number of hydrogen-bond acceptors (Lipinski definition) is 6. The number of nitrogens with one attached hydrogen (secondary N) is 2. The standard InChI is InChI=1S/C13H21ClN4O2/c1-9(6-13(2)19-4-5-20-13)7-16-12-10(15-3)11(14)17-8-18-12/h8-9,15H,4-7H2,1-3H3,(H,16,17,18). The van der Waals surface area contributed by atoms with Gasteiger partial charge in [0.15, 0.2) is 16.8 Å². The average Bonchev–Trinajstić information content (AvgIpc) is 2.83. The lowest BCUT2D eigenvalue weighted by Crippen LogP contribution is -2.30. The highest BCUT2D eigenvalue weighted by molar-refractivity contribution is 6.32. The molecular weight excluding hydrogens is 280 g/mol. The first-order valence-corrected chi connectivity index (χ1v) is 7.12. The van der Waals surface area contributed by atoms with E-state index in [0.29, 0.717) is 35.8 Å². The fourth-order valence-electron chi connectivity index (χ4n) is 2.37. The predicted molar refractivity (Wildman–Crippen MR) is 79.2 cm³/mol. The van der Waals surface area contributed by atoms with Crippen LogP contribution in [0.25, 0.3) is 0 Å². The van der Waals surface area contributed by atoms with Crippen LogP contribution in [0, 0.1) is 5.92 Å². The maximum atomic E-state index is 6.01. The third-order valence-corrected chi connectivity index (χ3v) is 3.57. The van der Waals surface area contributed by atoms with Gasteiger partial charge in [-0.2, -0.15) is 0 Å². The van der Waals surface area contributed by atoms with E-state index in [1.54, 1.807) is 7.05 Å². The third kappa shape index (κ3) is 3.71. The van der Waals surface area contributed by atoms with Crippen molar-refractivity contribution >= 4 is 23.1 Å². The maximum absolute atomic E-state index is 6.01. The molecule has 1 unspecified atom stereocenters. The van der Waals surface area contributed by atoms with Gasteiger partial charge in [-0.05, 0) is 12.8 Å². The Morgan fingerprint density at radius 3 is 2.75 bits per heavy atom. The molecule has 20 heavy (non-hydrogen) atoms. The Morgan fingerprint density at radius 2 is 2.10 bits per heavy atom. The number of hydrogen-bond donors (Lipinski definition) is 2. The van der Waals surface area contributed by atoms with E-state index in [1.165, 1.54) is 6.33 Å². The zero-order chi connectivity index (χ0) is 14.6. The van der Waals surface area contributed by atoms with Crippen LogP contribution < -0.4 is 10.6 Å². The van der Waals surface area contributed by atoms with E-state index < -0.39 is 5.79 Å². The maximum Gasteiger partial charge on any atom is 0.166 e. The largest absolute Gasteiger partial charge is 0.383 e. The monoisotopic (exact) mass is 300 g/mol. The van der Waals surface area contributed by atoms with Gasteiger partial charge in [0.25, 0.3) is 0 Å². The van der Waals surface area contributed by atoms with Crippen molar-refractivity contribution in [2.75, 3.05) is 37.4 Å². The second-order valence-corrected chi connectivity index (χ2v) is 5.52. The fourth-order valence-corrected chi connectivity index (χ4v) is 2.60. The van der Waals surface area contributed by atoms with E-state index in [4.69, 9.17) is 21.1 Å². The molecule has 7 heteroatoms. The molecule has 6 nitrogen and oxygen atoms in total. The van der Waals surface area contributed by atoms with Gasteiger partial charge in [-0.3, -0.25) is 0 Å². The first-order chi connectivity index (χ1) is 9.54. The minimum Gasteiger partial charge on any atom is -0.383 e. The molecule has 2 N–H and O–H groups in total. The lowest BCUT2D eigenvalue weighted by molar-refractivity contribution is -0.153. The van der Waals surface area contributed by atoms with Crippen molar-refractivity contribution in [3.63, 3.8) is 0 Å². The number of halogens is 1. The van der Waals surface area contributed by atoms with Gasteiger partial charge in [-0.25, -0.2) is 9.97 Å². The highest BCUT2D eigenvalue weighted by atomic mass is 35.5. The lowest BCUT2D eigenvalue weighted by Gasteiger charge is -2.26. The fraction of sp³-hybridized carbons (Fsp3) is 0.692. The molecule has 0 saturated carbocycles. The van der Waals surface area contributed by atoms with Crippen LogP contribution >= 0.6 is 11.6 Å². The van der Waals surface area contributed by atoms with E-state index in [-0.39, 0.29) is 0 Å². The van der Waals surface area contributed by atoms with Crippen molar-refractivity contribution in [3.05, 3.63) is 11.5 Å². The van der Waals surface area contributed by atoms with Crippen LogP contribution in [0.1, 0.15) is 20.3 Å². The molecule has 1 aliphatic heterocycles. The Morgan fingerprint density at radius 1 is 1.40 bits per heavy atom. The molecule has 2 rings (SSSR count). The van der Waals surface area contributed by atoms with Gasteiger partial charge in [0.2, 0.25) is 0 Å². The molecule has 0 spiro atoms. The Kier molecular flexibility index (Phi) is 5.01. The van der Waals surface area contributed by atoms with Crippen molar-refractivity contribution in [3.8, 4) is 0 Å². The van der Waals surface area contributed by atoms with E-state index in [9.17, 15) is 0 Å². The molecule has 0 aliphatic carbocycles. The van der Waals surface area contributed by atoms with Crippen LogP contribution in [0.15, 0.2) is 6.33 Å². The summed E-state index contributed by atoms with van der Waals surface area (Å²) >= 11 is 6.01. The normalized spacial score (nSPS) is 18.8. The zero-order valence-electron chi connectivity index (χ0n) is 12.1. The van der Waals surface area contributed by atoms with Gasteiger partial charge in [0.1, 0.15) is 12.0 Å². The second-order valence-electron chi connectivity index (χ2n) is 5.16. The van der Waals surface area contributed by atoms with E-state index in [0.717, 1.165) is 13.0 Å². The van der Waals surface area contributed by atoms with Gasteiger partial charge in [-0.1, -0.05) is 18.5 Å². The number of aromatic nitrogens is 2. The SMILES string of the molecule is CNc1c(Cl)ncnc1NCC(C)CC1(C)OCCO1. The summed E-state index contributed by atoms with van der Waals surface area (Å²) in [5.41, 5.74) is 0.709. The molecule has 112 valence electrons. The van der Waals surface area contributed by atoms with Crippen molar-refractivity contribution in [1.82, 2.24) is 9.97 Å². The third-order valence-electron chi connectivity index (χ3n) is 3.29. The predicted octanol–water partition coefficient (Wildman–Crippen LogP) is 2.37. The van der Waals surface area contributed by atoms with E-state index >= 15 is 0 Å². The Balaban J connectivity index is 1.90. The Bertz CT molecular complexity index is 452. The highest BCUT2D eigenvalue weighted by Crippen LogP contribution is 2.28. The quantitative estimate of drug-likeness (QED) is 0.786. The van der Waals surface area contributed by atoms with Gasteiger partial charge < -0.3 is 20.1 Å². The zero-order valence-corrected chi connectivity index (χ0v) is 12.8. The van der Waals surface area contributed by atoms with E-state index in [1.807, 2.05) is 6.92 Å². The molecule has 0 radical (unpaired) electrons. The molecule has 1 aromatic rings. The summed E-state index contributed by atoms with van der Waals surface area (Å²) < 4.78 is 11.2. The Labute approximate surface area is 124 Å². The lowest BCUT2D eigenvalue weighted by atomic mass is 10.0. The number of anilines is 2. The summed E-state index contributed by atoms with van der Waals surface area (Å²) in [7, 11) is 1.79. The Hall–Kier alpha value is -1.11. The molecule has 0 bridgehead atoms. The minimum atomic E-state index is -0.462. The summed E-state index contributed by atoms with van der Waals surface area (Å²) in [4.78, 5) is 8.14. The summed E-state index contributed by atoms with van der Waals surface area (Å²) in [6, 6.07) is 0. The van der Waals surface area contributed by atoms with Crippen LogP contribution in [0.5, 0.6) is 0 Å². The molecule has 2 heterocycles. The molecule has 1 atom stereocenters. The van der Waals surface area contributed by atoms with Gasteiger partial charge >= 0.3 is 0 Å². The smallest absolute Gasteiger partial charge is 0.166 e. The molecule has 1 fully saturated rings. The van der Waals surface area contributed by atoms with Gasteiger partial charge in [0.05, 0.1) is 13.2 Å². The van der Waals surface area contributed by atoms with Crippen LogP contribution in [0.3, 0.4) is 0 Å². The number of nitrogens with zero attached hydrogens (tertiary/aromatic N) is 2. The number of ether oxygens (including phenoxy) is 2. The van der Waals surface area contributed by atoms with Gasteiger partial charge in [0, 0.05) is 20.0 Å². The summed E-state index contributed by atoms with van der Waals surface area (Å²) in [5, 5.41) is 6.70. The van der Waals surface area contributed by atoms with Crippen molar-refractivity contribution in [2.45, 2.75) is 26.1 Å². The first kappa shape index (κ1) is 15.3. The first-order valence-electron chi connectivity index (χ1n) is 6.74. The second kappa shape index (κ2) is 6.56. The van der Waals surface area contributed by atoms with Crippen molar-refractivity contribution in [2.24, 2.45) is 5.92 Å². The van der Waals surface area contributed by atoms with Crippen LogP contribution in [-0.4, -0.2) is 42.6 Å². The summed E-state index contributed by atoms with van der Waals surface area (Å²) in [6.07, 6.45) is 2.27. The molecule has 0 aromatic carbocycles. The molecular formula is C13H21ClN4O2. The summed E-state index contributed by atoms with van der Waals surface area (Å²) in [5.74, 6) is 0.616. The van der Waals surface area contributed by atoms with Crippen molar-refractivity contribution < 1.29 is 9.47 Å².